The number of nitrogens with one attached hydrogen (secondary N) is 1. The lowest BCUT2D eigenvalue weighted by molar-refractivity contribution is 0.0792. The first-order chi connectivity index (χ1) is 12.5. The molecule has 3 rings (SSSR count). The molecule has 6 heteroatoms. The van der Waals surface area contributed by atoms with Gasteiger partial charge < -0.3 is 15.0 Å². The second kappa shape index (κ2) is 8.84. The molecule has 1 aromatic carbocycles. The molecule has 0 bridgehead atoms. The Balaban J connectivity index is 1.52. The van der Waals surface area contributed by atoms with E-state index in [1.54, 1.807) is 0 Å². The third-order valence-electron chi connectivity index (χ3n) is 4.88. The molecule has 1 saturated heterocycles. The smallest absolute Gasteiger partial charge is 0.268 e. The molecule has 5 nitrogen and oxygen atoms in total. The zero-order valence-corrected chi connectivity index (χ0v) is 16.7. The highest BCUT2D eigenvalue weighted by atomic mass is 79.9. The first-order valence-electron chi connectivity index (χ1n) is 9.17. The molecule has 1 fully saturated rings. The van der Waals surface area contributed by atoms with Crippen molar-refractivity contribution in [1.82, 2.24) is 14.8 Å². The molecule has 0 saturated carbocycles. The van der Waals surface area contributed by atoms with Crippen LogP contribution in [0.4, 0.5) is 0 Å². The standard InChI is InChI=1S/C20H26BrN3O2/c1-2-24-14-17(21)11-19(24)20(26)22-12-15-3-5-16(6-4-15)13-23-9-7-18(25)8-10-23/h3-6,11,14,18,25H,2,7-10,12-13H2,1H3,(H,22,26). The second-order valence-corrected chi connectivity index (χ2v) is 7.75. The Hall–Kier alpha value is -1.63. The summed E-state index contributed by atoms with van der Waals surface area (Å²) in [5, 5.41) is 12.6. The van der Waals surface area contributed by atoms with Gasteiger partial charge in [0, 0.05) is 43.4 Å². The molecule has 0 radical (unpaired) electrons. The fraction of sp³-hybridized carbons (Fsp3) is 0.450. The summed E-state index contributed by atoms with van der Waals surface area (Å²) in [7, 11) is 0. The molecule has 1 amide bonds. The lowest BCUT2D eigenvalue weighted by Crippen LogP contribution is -2.35. The number of hydrogen-bond donors (Lipinski definition) is 2. The van der Waals surface area contributed by atoms with Crippen molar-refractivity contribution in [3.8, 4) is 0 Å². The topological polar surface area (TPSA) is 57.5 Å². The van der Waals surface area contributed by atoms with Crippen molar-refractivity contribution in [2.45, 2.75) is 45.5 Å². The third kappa shape index (κ3) is 4.96. The van der Waals surface area contributed by atoms with Crippen molar-refractivity contribution in [2.75, 3.05) is 13.1 Å². The number of piperidine rings is 1. The average Bonchev–Trinajstić information content (AvgIpc) is 3.04. The Bertz CT molecular complexity index is 734. The molecule has 2 aromatic rings. The number of likely N-dealkylation sites (tertiary alicyclic amines) is 1. The van der Waals surface area contributed by atoms with Gasteiger partial charge in [0.05, 0.1) is 6.10 Å². The Labute approximate surface area is 163 Å². The zero-order chi connectivity index (χ0) is 18.5. The normalized spacial score (nSPS) is 16.0. The highest BCUT2D eigenvalue weighted by Gasteiger charge is 2.17. The predicted molar refractivity (Wildman–Crippen MR) is 106 cm³/mol. The minimum absolute atomic E-state index is 0.0616. The molecule has 1 aliphatic heterocycles. The summed E-state index contributed by atoms with van der Waals surface area (Å²) in [6.07, 6.45) is 3.51. The van der Waals surface area contributed by atoms with Gasteiger partial charge in [-0.15, -0.1) is 0 Å². The third-order valence-corrected chi connectivity index (χ3v) is 5.31. The van der Waals surface area contributed by atoms with E-state index in [0.29, 0.717) is 12.2 Å². The lowest BCUT2D eigenvalue weighted by atomic mass is 10.1. The van der Waals surface area contributed by atoms with Gasteiger partial charge in [0.2, 0.25) is 0 Å². The van der Waals surface area contributed by atoms with E-state index in [1.165, 1.54) is 5.56 Å². The number of rotatable bonds is 6. The monoisotopic (exact) mass is 419 g/mol. The summed E-state index contributed by atoms with van der Waals surface area (Å²) in [4.78, 5) is 14.8. The van der Waals surface area contributed by atoms with Crippen LogP contribution in [0.2, 0.25) is 0 Å². The van der Waals surface area contributed by atoms with E-state index in [1.807, 2.05) is 23.8 Å². The summed E-state index contributed by atoms with van der Waals surface area (Å²) in [6.45, 7) is 6.11. The quantitative estimate of drug-likeness (QED) is 0.755. The number of carbonyl (C=O) groups is 1. The van der Waals surface area contributed by atoms with Crippen molar-refractivity contribution in [3.63, 3.8) is 0 Å². The van der Waals surface area contributed by atoms with Gasteiger partial charge >= 0.3 is 0 Å². The van der Waals surface area contributed by atoms with Crippen molar-refractivity contribution < 1.29 is 9.90 Å². The van der Waals surface area contributed by atoms with Crippen LogP contribution in [-0.2, 0) is 19.6 Å². The number of carbonyl (C=O) groups excluding carboxylic acids is 1. The lowest BCUT2D eigenvalue weighted by Gasteiger charge is -2.29. The molecule has 2 heterocycles. The summed E-state index contributed by atoms with van der Waals surface area (Å²) in [6, 6.07) is 10.2. The summed E-state index contributed by atoms with van der Waals surface area (Å²) in [5.74, 6) is -0.0616. The molecule has 1 aliphatic rings. The van der Waals surface area contributed by atoms with Crippen LogP contribution in [0, 0.1) is 0 Å². The minimum atomic E-state index is -0.133. The number of hydrogen-bond acceptors (Lipinski definition) is 3. The van der Waals surface area contributed by atoms with Gasteiger partial charge in [0.1, 0.15) is 5.69 Å². The van der Waals surface area contributed by atoms with E-state index in [4.69, 9.17) is 0 Å². The molecule has 26 heavy (non-hydrogen) atoms. The fourth-order valence-electron chi connectivity index (χ4n) is 3.30. The number of aromatic nitrogens is 1. The van der Waals surface area contributed by atoms with Gasteiger partial charge in [-0.1, -0.05) is 24.3 Å². The SMILES string of the molecule is CCn1cc(Br)cc1C(=O)NCc1ccc(CN2CCC(O)CC2)cc1. The Morgan fingerprint density at radius 2 is 1.88 bits per heavy atom. The molecule has 0 spiro atoms. The van der Waals surface area contributed by atoms with Crippen molar-refractivity contribution >= 4 is 21.8 Å². The van der Waals surface area contributed by atoms with Gasteiger partial charge in [-0.2, -0.15) is 0 Å². The summed E-state index contributed by atoms with van der Waals surface area (Å²) >= 11 is 3.42. The van der Waals surface area contributed by atoms with Crippen molar-refractivity contribution in [2.24, 2.45) is 0 Å². The van der Waals surface area contributed by atoms with E-state index in [9.17, 15) is 9.90 Å². The number of aryl methyl sites for hydroxylation is 1. The second-order valence-electron chi connectivity index (χ2n) is 6.84. The predicted octanol–water partition coefficient (Wildman–Crippen LogP) is 3.16. The number of benzene rings is 1. The minimum Gasteiger partial charge on any atom is -0.393 e. The van der Waals surface area contributed by atoms with E-state index in [-0.39, 0.29) is 12.0 Å². The van der Waals surface area contributed by atoms with Crippen LogP contribution in [0.3, 0.4) is 0 Å². The van der Waals surface area contributed by atoms with Crippen LogP contribution in [-0.4, -0.2) is 39.7 Å². The molecule has 0 aliphatic carbocycles. The largest absolute Gasteiger partial charge is 0.393 e. The summed E-state index contributed by atoms with van der Waals surface area (Å²) in [5.41, 5.74) is 3.02. The zero-order valence-electron chi connectivity index (χ0n) is 15.1. The Morgan fingerprint density at radius 3 is 2.54 bits per heavy atom. The number of aliphatic hydroxyl groups is 1. The molecule has 2 N–H and O–H groups in total. The van der Waals surface area contributed by atoms with E-state index < -0.39 is 0 Å². The van der Waals surface area contributed by atoms with Crippen LogP contribution >= 0.6 is 15.9 Å². The fourth-order valence-corrected chi connectivity index (χ4v) is 3.76. The molecule has 140 valence electrons. The number of aliphatic hydroxyl groups excluding tert-OH is 1. The van der Waals surface area contributed by atoms with Crippen LogP contribution in [0.5, 0.6) is 0 Å². The van der Waals surface area contributed by atoms with Crippen LogP contribution in [0.15, 0.2) is 41.0 Å². The maximum atomic E-state index is 12.4. The molecule has 0 unspecified atom stereocenters. The van der Waals surface area contributed by atoms with Crippen LogP contribution in [0.25, 0.3) is 0 Å². The van der Waals surface area contributed by atoms with Crippen molar-refractivity contribution in [1.29, 1.82) is 0 Å². The van der Waals surface area contributed by atoms with Gasteiger partial charge in [0.15, 0.2) is 0 Å². The maximum Gasteiger partial charge on any atom is 0.268 e. The highest BCUT2D eigenvalue weighted by Crippen LogP contribution is 2.16. The Morgan fingerprint density at radius 1 is 1.23 bits per heavy atom. The van der Waals surface area contributed by atoms with Gasteiger partial charge in [-0.3, -0.25) is 9.69 Å². The first kappa shape index (κ1) is 19.1. The molecule has 0 atom stereocenters. The maximum absolute atomic E-state index is 12.4. The van der Waals surface area contributed by atoms with Crippen molar-refractivity contribution in [3.05, 3.63) is 57.8 Å². The number of amides is 1. The average molecular weight is 420 g/mol. The van der Waals surface area contributed by atoms with Crippen LogP contribution in [0.1, 0.15) is 41.4 Å². The van der Waals surface area contributed by atoms with Gasteiger partial charge in [0.25, 0.3) is 5.91 Å². The van der Waals surface area contributed by atoms with Crippen LogP contribution < -0.4 is 5.32 Å². The molecular weight excluding hydrogens is 394 g/mol. The van der Waals surface area contributed by atoms with E-state index >= 15 is 0 Å². The Kier molecular flexibility index (Phi) is 6.51. The van der Waals surface area contributed by atoms with E-state index in [0.717, 1.165) is 49.1 Å². The number of halogens is 1. The first-order valence-corrected chi connectivity index (χ1v) is 9.96. The van der Waals surface area contributed by atoms with Gasteiger partial charge in [-0.05, 0) is 52.9 Å². The molecular formula is C20H26BrN3O2. The van der Waals surface area contributed by atoms with Gasteiger partial charge in [-0.25, -0.2) is 0 Å². The molecule has 1 aromatic heterocycles. The van der Waals surface area contributed by atoms with E-state index in [2.05, 4.69) is 50.4 Å². The highest BCUT2D eigenvalue weighted by molar-refractivity contribution is 9.10. The summed E-state index contributed by atoms with van der Waals surface area (Å²) < 4.78 is 2.84. The number of nitrogens with zero attached hydrogens (tertiary/aromatic N) is 2.